The zero-order valence-electron chi connectivity index (χ0n) is 23.5. The highest BCUT2D eigenvalue weighted by molar-refractivity contribution is 5.98. The molecule has 1 amide bonds. The second-order valence-corrected chi connectivity index (χ2v) is 11.3. The first kappa shape index (κ1) is 26.3. The monoisotopic (exact) mass is 569 g/mol. The van der Waals surface area contributed by atoms with E-state index in [2.05, 4.69) is 30.5 Å². The van der Waals surface area contributed by atoms with Crippen molar-refractivity contribution in [2.24, 2.45) is 0 Å². The summed E-state index contributed by atoms with van der Waals surface area (Å²) >= 11 is 0. The number of fused-ring (bicyclic) bond motifs is 2. The molecule has 0 radical (unpaired) electrons. The van der Waals surface area contributed by atoms with E-state index in [9.17, 15) is 4.79 Å². The summed E-state index contributed by atoms with van der Waals surface area (Å²) in [5.41, 5.74) is 11.7. The molecule has 2 aromatic carbocycles. The van der Waals surface area contributed by atoms with Gasteiger partial charge in [-0.05, 0) is 68.9 Å². The number of rotatable bonds is 5. The van der Waals surface area contributed by atoms with Crippen molar-refractivity contribution < 1.29 is 13.6 Å². The third kappa shape index (κ3) is 4.71. The van der Waals surface area contributed by atoms with Crippen LogP contribution >= 0.6 is 0 Å². The first-order valence-corrected chi connectivity index (χ1v) is 14.3. The molecule has 2 fully saturated rings. The number of halogens is 1. The summed E-state index contributed by atoms with van der Waals surface area (Å²) in [5, 5.41) is 11.4. The molecule has 0 bridgehead atoms. The molecular formula is C30H32FN9O2. The van der Waals surface area contributed by atoms with Crippen molar-refractivity contribution in [3.63, 3.8) is 0 Å². The maximum atomic E-state index is 15.5. The van der Waals surface area contributed by atoms with Crippen LogP contribution in [0.2, 0.25) is 0 Å². The molecule has 0 spiro atoms. The Morgan fingerprint density at radius 2 is 1.90 bits per heavy atom. The molecule has 216 valence electrons. The van der Waals surface area contributed by atoms with Crippen LogP contribution in [-0.2, 0) is 4.79 Å². The molecule has 7 rings (SSSR count). The van der Waals surface area contributed by atoms with Gasteiger partial charge in [-0.15, -0.1) is 0 Å². The number of aryl methyl sites for hydroxylation is 2. The van der Waals surface area contributed by atoms with E-state index in [0.717, 1.165) is 48.9 Å². The normalized spacial score (nSPS) is 19.8. The summed E-state index contributed by atoms with van der Waals surface area (Å²) in [6.45, 7) is 5.98. The van der Waals surface area contributed by atoms with Gasteiger partial charge in [0.25, 0.3) is 6.01 Å². The van der Waals surface area contributed by atoms with Crippen molar-refractivity contribution in [3.8, 4) is 11.3 Å². The number of nitrogens with two attached hydrogens (primary N) is 1. The number of carbonyl (C=O) groups excluding carboxylic acids is 1. The van der Waals surface area contributed by atoms with Crippen molar-refractivity contribution in [2.75, 3.05) is 30.7 Å². The van der Waals surface area contributed by atoms with Gasteiger partial charge >= 0.3 is 0 Å². The highest BCUT2D eigenvalue weighted by Gasteiger charge is 2.31. The van der Waals surface area contributed by atoms with Crippen LogP contribution in [0.4, 0.5) is 21.9 Å². The lowest BCUT2D eigenvalue weighted by Crippen LogP contribution is -2.52. The number of carbonyl (C=O) groups is 1. The summed E-state index contributed by atoms with van der Waals surface area (Å²) in [5.74, 6) is -0.0911. The maximum absolute atomic E-state index is 15.5. The number of benzene rings is 2. The van der Waals surface area contributed by atoms with Crippen LogP contribution in [0.25, 0.3) is 33.4 Å². The number of aromatic nitrogens is 5. The Labute approximate surface area is 241 Å². The smallest absolute Gasteiger partial charge is 0.300 e. The predicted octanol–water partition coefficient (Wildman–Crippen LogP) is 4.63. The number of hydrogen-bond donors (Lipinski definition) is 3. The zero-order valence-corrected chi connectivity index (χ0v) is 23.5. The van der Waals surface area contributed by atoms with E-state index in [1.54, 1.807) is 12.1 Å². The molecule has 4 heterocycles. The number of oxazole rings is 1. The van der Waals surface area contributed by atoms with E-state index in [1.165, 1.54) is 12.4 Å². The lowest BCUT2D eigenvalue weighted by atomic mass is 9.90. The number of amides is 1. The summed E-state index contributed by atoms with van der Waals surface area (Å²) in [4.78, 5) is 27.4. The van der Waals surface area contributed by atoms with Crippen LogP contribution in [0, 0.1) is 19.7 Å². The minimum Gasteiger partial charge on any atom is -0.423 e. The fourth-order valence-electron chi connectivity index (χ4n) is 6.40. The van der Waals surface area contributed by atoms with Gasteiger partial charge in [-0.3, -0.25) is 9.69 Å². The van der Waals surface area contributed by atoms with Crippen molar-refractivity contribution in [1.82, 2.24) is 34.9 Å². The molecular weight excluding hydrogens is 537 g/mol. The van der Waals surface area contributed by atoms with Gasteiger partial charge in [0.05, 0.1) is 23.7 Å². The van der Waals surface area contributed by atoms with Gasteiger partial charge < -0.3 is 20.8 Å². The standard InChI is InChI=1S/C30H32FN9O2/c1-16-11-17(2)27-23(12-16)37-30(42-27)36-22-8-3-18(13-21(22)31)26-25-28(32)34-15-35-29(25)40(38-26)20-6-4-19(5-7-20)39-10-9-33-24(41)14-39/h3,8,11-13,15,19-20H,4-7,9-10,14H2,1-2H3,(H,33,41)(H,36,37)(H2,32,34,35)/t19-,20-. The minimum absolute atomic E-state index is 0.0887. The van der Waals surface area contributed by atoms with Crippen LogP contribution < -0.4 is 16.4 Å². The molecule has 11 nitrogen and oxygen atoms in total. The lowest BCUT2D eigenvalue weighted by Gasteiger charge is -2.38. The minimum atomic E-state index is -0.480. The molecule has 2 aliphatic rings. The molecule has 3 aromatic heterocycles. The van der Waals surface area contributed by atoms with Crippen LogP contribution in [0.15, 0.2) is 41.1 Å². The quantitative estimate of drug-likeness (QED) is 0.276. The summed E-state index contributed by atoms with van der Waals surface area (Å²) in [6, 6.07) is 9.52. The fourth-order valence-corrected chi connectivity index (χ4v) is 6.40. The van der Waals surface area contributed by atoms with Crippen molar-refractivity contribution in [1.29, 1.82) is 0 Å². The molecule has 1 aliphatic heterocycles. The average Bonchev–Trinajstić information content (AvgIpc) is 3.57. The molecule has 1 saturated carbocycles. The van der Waals surface area contributed by atoms with E-state index in [0.29, 0.717) is 52.8 Å². The van der Waals surface area contributed by atoms with Gasteiger partial charge in [-0.2, -0.15) is 10.1 Å². The molecule has 42 heavy (non-hydrogen) atoms. The fraction of sp³-hybridized carbons (Fsp3) is 0.367. The number of hydrogen-bond acceptors (Lipinski definition) is 9. The number of nitrogen functional groups attached to an aromatic ring is 1. The Morgan fingerprint density at radius 3 is 2.69 bits per heavy atom. The maximum Gasteiger partial charge on any atom is 0.300 e. The average molecular weight is 570 g/mol. The summed E-state index contributed by atoms with van der Waals surface area (Å²) in [7, 11) is 0. The number of piperazine rings is 1. The predicted molar refractivity (Wildman–Crippen MR) is 158 cm³/mol. The first-order chi connectivity index (χ1) is 20.3. The molecule has 4 N–H and O–H groups in total. The second kappa shape index (κ2) is 10.4. The highest BCUT2D eigenvalue weighted by atomic mass is 19.1. The van der Waals surface area contributed by atoms with Crippen LogP contribution in [-0.4, -0.2) is 61.2 Å². The van der Waals surface area contributed by atoms with Gasteiger partial charge in [0, 0.05) is 24.7 Å². The molecule has 12 heteroatoms. The largest absolute Gasteiger partial charge is 0.423 e. The van der Waals surface area contributed by atoms with Gasteiger partial charge in [0.15, 0.2) is 11.2 Å². The first-order valence-electron chi connectivity index (χ1n) is 14.3. The molecule has 0 unspecified atom stereocenters. The third-order valence-corrected chi connectivity index (χ3v) is 8.42. The van der Waals surface area contributed by atoms with Gasteiger partial charge in [-0.1, -0.05) is 12.1 Å². The van der Waals surface area contributed by atoms with E-state index < -0.39 is 5.82 Å². The summed E-state index contributed by atoms with van der Waals surface area (Å²) in [6.07, 6.45) is 5.14. The van der Waals surface area contributed by atoms with E-state index in [1.807, 2.05) is 30.7 Å². The van der Waals surface area contributed by atoms with Crippen LogP contribution in [0.3, 0.4) is 0 Å². The van der Waals surface area contributed by atoms with Gasteiger partial charge in [-0.25, -0.2) is 19.0 Å². The molecule has 0 atom stereocenters. The van der Waals surface area contributed by atoms with Crippen LogP contribution in [0.5, 0.6) is 0 Å². The lowest BCUT2D eigenvalue weighted by molar-refractivity contribution is -0.125. The number of nitrogens with one attached hydrogen (secondary N) is 2. The van der Waals surface area contributed by atoms with Crippen molar-refractivity contribution in [2.45, 2.75) is 51.6 Å². The van der Waals surface area contributed by atoms with Gasteiger partial charge in [0.2, 0.25) is 5.91 Å². The SMILES string of the molecule is Cc1cc(C)c2oc(Nc3ccc(-c4nn([C@H]5CC[C@H](N6CCNC(=O)C6)CC5)c5ncnc(N)c45)cc3F)nc2c1. The topological polar surface area (TPSA) is 140 Å². The third-order valence-electron chi connectivity index (χ3n) is 8.42. The Hall–Kier alpha value is -4.58. The van der Waals surface area contributed by atoms with Crippen LogP contribution in [0.1, 0.15) is 42.9 Å². The number of nitrogens with zero attached hydrogens (tertiary/aromatic N) is 6. The summed E-state index contributed by atoms with van der Waals surface area (Å²) < 4.78 is 23.3. The van der Waals surface area contributed by atoms with E-state index in [4.69, 9.17) is 15.2 Å². The highest BCUT2D eigenvalue weighted by Crippen LogP contribution is 2.38. The molecule has 1 saturated heterocycles. The molecule has 5 aromatic rings. The Bertz CT molecular complexity index is 1820. The van der Waals surface area contributed by atoms with Crippen molar-refractivity contribution >= 4 is 45.6 Å². The van der Waals surface area contributed by atoms with E-state index >= 15 is 4.39 Å². The zero-order chi connectivity index (χ0) is 29.0. The Balaban J connectivity index is 1.16. The Kier molecular flexibility index (Phi) is 6.49. The second-order valence-electron chi connectivity index (χ2n) is 11.3. The van der Waals surface area contributed by atoms with E-state index in [-0.39, 0.29) is 23.7 Å². The molecule has 1 aliphatic carbocycles. The Morgan fingerprint density at radius 1 is 1.10 bits per heavy atom. The number of anilines is 3. The van der Waals surface area contributed by atoms with Crippen molar-refractivity contribution in [3.05, 3.63) is 53.6 Å². The van der Waals surface area contributed by atoms with Gasteiger partial charge in [0.1, 0.15) is 29.2 Å².